The lowest BCUT2D eigenvalue weighted by Gasteiger charge is -2.39. The molecule has 0 amide bonds. The minimum atomic E-state index is -0.370. The van der Waals surface area contributed by atoms with Crippen molar-refractivity contribution >= 4 is 5.97 Å². The highest BCUT2D eigenvalue weighted by atomic mass is 16.6. The molecular formula is C14H28N2O2. The lowest BCUT2D eigenvalue weighted by Crippen LogP contribution is -2.52. The summed E-state index contributed by atoms with van der Waals surface area (Å²) in [7, 11) is 0. The summed E-state index contributed by atoms with van der Waals surface area (Å²) in [6, 6.07) is 0.586. The highest BCUT2D eigenvalue weighted by Gasteiger charge is 2.23. The topological polar surface area (TPSA) is 32.8 Å². The fourth-order valence-corrected chi connectivity index (χ4v) is 2.39. The van der Waals surface area contributed by atoms with Crippen LogP contribution in [0.3, 0.4) is 0 Å². The molecule has 106 valence electrons. The van der Waals surface area contributed by atoms with Gasteiger partial charge in [-0.05, 0) is 34.2 Å². The van der Waals surface area contributed by atoms with Crippen molar-refractivity contribution in [1.82, 2.24) is 9.80 Å². The van der Waals surface area contributed by atoms with Crippen LogP contribution in [0.15, 0.2) is 0 Å². The molecule has 0 aliphatic carbocycles. The van der Waals surface area contributed by atoms with Crippen molar-refractivity contribution in [2.45, 2.75) is 52.7 Å². The van der Waals surface area contributed by atoms with Crippen LogP contribution in [0.1, 0.15) is 41.0 Å². The van der Waals surface area contributed by atoms with E-state index in [9.17, 15) is 4.79 Å². The number of carbonyl (C=O) groups excluding carboxylic acids is 1. The number of carbonyl (C=O) groups is 1. The van der Waals surface area contributed by atoms with E-state index in [-0.39, 0.29) is 11.6 Å². The Kier molecular flexibility index (Phi) is 5.60. The largest absolute Gasteiger partial charge is 0.460 e. The SMILES string of the molecule is CCN1CCN(CCC(=O)OC(C)(C)C)CC1C. The number of hydrogen-bond donors (Lipinski definition) is 0. The van der Waals surface area contributed by atoms with Crippen LogP contribution in [0.5, 0.6) is 0 Å². The number of esters is 1. The summed E-state index contributed by atoms with van der Waals surface area (Å²) < 4.78 is 5.32. The van der Waals surface area contributed by atoms with Gasteiger partial charge in [-0.3, -0.25) is 14.6 Å². The predicted octanol–water partition coefficient (Wildman–Crippen LogP) is 1.74. The number of ether oxygens (including phenoxy) is 1. The molecule has 0 N–H and O–H groups in total. The molecule has 1 aliphatic heterocycles. The number of rotatable bonds is 4. The monoisotopic (exact) mass is 256 g/mol. The van der Waals surface area contributed by atoms with E-state index in [2.05, 4.69) is 23.6 Å². The summed E-state index contributed by atoms with van der Waals surface area (Å²) in [5, 5.41) is 0. The Hall–Kier alpha value is -0.610. The summed E-state index contributed by atoms with van der Waals surface area (Å²) in [6.07, 6.45) is 0.496. The van der Waals surface area contributed by atoms with E-state index in [1.165, 1.54) is 0 Å². The van der Waals surface area contributed by atoms with Crippen molar-refractivity contribution < 1.29 is 9.53 Å². The van der Waals surface area contributed by atoms with Crippen LogP contribution in [0.4, 0.5) is 0 Å². The van der Waals surface area contributed by atoms with Gasteiger partial charge in [0.15, 0.2) is 0 Å². The maximum Gasteiger partial charge on any atom is 0.307 e. The predicted molar refractivity (Wildman–Crippen MR) is 73.6 cm³/mol. The van der Waals surface area contributed by atoms with E-state index in [1.807, 2.05) is 20.8 Å². The number of hydrogen-bond acceptors (Lipinski definition) is 4. The molecule has 1 atom stereocenters. The zero-order chi connectivity index (χ0) is 13.8. The third-order valence-electron chi connectivity index (χ3n) is 3.31. The number of piperazine rings is 1. The lowest BCUT2D eigenvalue weighted by molar-refractivity contribution is -0.155. The minimum absolute atomic E-state index is 0.0897. The van der Waals surface area contributed by atoms with Crippen molar-refractivity contribution in [3.05, 3.63) is 0 Å². The van der Waals surface area contributed by atoms with Gasteiger partial charge in [0, 0.05) is 32.2 Å². The van der Waals surface area contributed by atoms with Gasteiger partial charge in [0.25, 0.3) is 0 Å². The Morgan fingerprint density at radius 3 is 2.50 bits per heavy atom. The van der Waals surface area contributed by atoms with Crippen molar-refractivity contribution in [2.75, 3.05) is 32.7 Å². The Bertz CT molecular complexity index is 273. The first-order chi connectivity index (χ1) is 8.31. The van der Waals surface area contributed by atoms with E-state index in [1.54, 1.807) is 0 Å². The second kappa shape index (κ2) is 6.53. The zero-order valence-corrected chi connectivity index (χ0v) is 12.5. The molecule has 1 saturated heterocycles. The van der Waals surface area contributed by atoms with E-state index >= 15 is 0 Å². The van der Waals surface area contributed by atoms with E-state index in [0.29, 0.717) is 12.5 Å². The highest BCUT2D eigenvalue weighted by Crippen LogP contribution is 2.11. The zero-order valence-electron chi connectivity index (χ0n) is 12.5. The fraction of sp³-hybridized carbons (Fsp3) is 0.929. The molecule has 0 radical (unpaired) electrons. The maximum atomic E-state index is 11.6. The van der Waals surface area contributed by atoms with Gasteiger partial charge in [0.1, 0.15) is 5.60 Å². The summed E-state index contributed by atoms with van der Waals surface area (Å²) >= 11 is 0. The summed E-state index contributed by atoms with van der Waals surface area (Å²) in [4.78, 5) is 16.5. The normalized spacial score (nSPS) is 23.1. The molecule has 4 heteroatoms. The molecule has 0 spiro atoms. The molecule has 1 fully saturated rings. The first kappa shape index (κ1) is 15.4. The quantitative estimate of drug-likeness (QED) is 0.717. The van der Waals surface area contributed by atoms with Gasteiger partial charge in [-0.1, -0.05) is 6.92 Å². The van der Waals surface area contributed by atoms with Crippen LogP contribution in [0.2, 0.25) is 0 Å². The van der Waals surface area contributed by atoms with Crippen LogP contribution in [-0.4, -0.2) is 60.1 Å². The second-order valence-corrected chi connectivity index (χ2v) is 6.11. The van der Waals surface area contributed by atoms with Crippen LogP contribution < -0.4 is 0 Å². The third-order valence-corrected chi connectivity index (χ3v) is 3.31. The average Bonchev–Trinajstić information content (AvgIpc) is 2.24. The van der Waals surface area contributed by atoms with Crippen LogP contribution in [-0.2, 0) is 9.53 Å². The highest BCUT2D eigenvalue weighted by molar-refractivity contribution is 5.70. The molecular weight excluding hydrogens is 228 g/mol. The van der Waals surface area contributed by atoms with Gasteiger partial charge in [-0.15, -0.1) is 0 Å². The van der Waals surface area contributed by atoms with Crippen molar-refractivity contribution in [3.63, 3.8) is 0 Å². The Morgan fingerprint density at radius 2 is 2.00 bits per heavy atom. The van der Waals surface area contributed by atoms with Crippen LogP contribution in [0, 0.1) is 0 Å². The van der Waals surface area contributed by atoms with E-state index in [4.69, 9.17) is 4.74 Å². The van der Waals surface area contributed by atoms with Gasteiger partial charge in [0.2, 0.25) is 0 Å². The number of likely N-dealkylation sites (N-methyl/N-ethyl adjacent to an activating group) is 1. The van der Waals surface area contributed by atoms with Crippen LogP contribution in [0.25, 0.3) is 0 Å². The molecule has 18 heavy (non-hydrogen) atoms. The van der Waals surface area contributed by atoms with Gasteiger partial charge < -0.3 is 4.74 Å². The van der Waals surface area contributed by atoms with Crippen LogP contribution >= 0.6 is 0 Å². The minimum Gasteiger partial charge on any atom is -0.460 e. The molecule has 1 heterocycles. The lowest BCUT2D eigenvalue weighted by atomic mass is 10.2. The maximum absolute atomic E-state index is 11.6. The van der Waals surface area contributed by atoms with Crippen molar-refractivity contribution in [3.8, 4) is 0 Å². The number of nitrogens with zero attached hydrogens (tertiary/aromatic N) is 2. The molecule has 1 rings (SSSR count). The molecule has 0 saturated carbocycles. The Labute approximate surface area is 111 Å². The molecule has 0 aromatic rings. The molecule has 1 aliphatic rings. The molecule has 4 nitrogen and oxygen atoms in total. The van der Waals surface area contributed by atoms with E-state index < -0.39 is 0 Å². The van der Waals surface area contributed by atoms with Gasteiger partial charge in [0.05, 0.1) is 6.42 Å². The van der Waals surface area contributed by atoms with Gasteiger partial charge >= 0.3 is 5.97 Å². The standard InChI is InChI=1S/C14H28N2O2/c1-6-16-10-9-15(11-12(16)2)8-7-13(17)18-14(3,4)5/h12H,6-11H2,1-5H3. The van der Waals surface area contributed by atoms with Gasteiger partial charge in [-0.2, -0.15) is 0 Å². The van der Waals surface area contributed by atoms with E-state index in [0.717, 1.165) is 32.7 Å². The second-order valence-electron chi connectivity index (χ2n) is 6.11. The fourth-order valence-electron chi connectivity index (χ4n) is 2.39. The average molecular weight is 256 g/mol. The third kappa shape index (κ3) is 5.36. The first-order valence-electron chi connectivity index (χ1n) is 7.00. The summed E-state index contributed by atoms with van der Waals surface area (Å²) in [5.41, 5.74) is -0.370. The molecule has 0 bridgehead atoms. The smallest absolute Gasteiger partial charge is 0.307 e. The molecule has 1 unspecified atom stereocenters. The van der Waals surface area contributed by atoms with Gasteiger partial charge in [-0.25, -0.2) is 0 Å². The molecule has 0 aromatic heterocycles. The molecule has 0 aromatic carbocycles. The van der Waals surface area contributed by atoms with Crippen molar-refractivity contribution in [1.29, 1.82) is 0 Å². The Morgan fingerprint density at radius 1 is 1.33 bits per heavy atom. The summed E-state index contributed by atoms with van der Waals surface area (Å²) in [6.45, 7) is 15.3. The summed E-state index contributed by atoms with van der Waals surface area (Å²) in [5.74, 6) is -0.0897. The van der Waals surface area contributed by atoms with Crippen molar-refractivity contribution in [2.24, 2.45) is 0 Å². The Balaban J connectivity index is 2.27. The first-order valence-corrected chi connectivity index (χ1v) is 7.00.